The van der Waals surface area contributed by atoms with Crippen LogP contribution in [0.4, 0.5) is 0 Å². The van der Waals surface area contributed by atoms with E-state index in [9.17, 15) is 4.79 Å². The molecule has 2 nitrogen and oxygen atoms in total. The third-order valence-electron chi connectivity index (χ3n) is 4.06. The number of unbranched alkanes of at least 4 members (excludes halogenated alkanes) is 1. The van der Waals surface area contributed by atoms with Crippen molar-refractivity contribution in [2.45, 2.75) is 26.7 Å². The van der Waals surface area contributed by atoms with E-state index in [2.05, 4.69) is 13.5 Å². The van der Waals surface area contributed by atoms with Gasteiger partial charge in [-0.1, -0.05) is 92.7 Å². The Kier molecular flexibility index (Phi) is 7.63. The standard InChI is InChI=1S/C24H26O2/c1-4-5-18-26-24(25)20(3)23(22-14-10-7-11-15-22)19(2)16-17-21-12-8-6-9-13-21/h6-17H,3-5,18H2,1-2H3. The highest BCUT2D eigenvalue weighted by atomic mass is 16.5. The summed E-state index contributed by atoms with van der Waals surface area (Å²) in [6.07, 6.45) is 5.90. The van der Waals surface area contributed by atoms with Crippen molar-refractivity contribution in [2.75, 3.05) is 6.61 Å². The smallest absolute Gasteiger partial charge is 0.338 e. The summed E-state index contributed by atoms with van der Waals surface area (Å²) in [5.74, 6) is -0.357. The minimum Gasteiger partial charge on any atom is -0.462 e. The van der Waals surface area contributed by atoms with E-state index in [1.807, 2.05) is 79.7 Å². The molecule has 0 aliphatic heterocycles. The molecule has 2 rings (SSSR count). The highest BCUT2D eigenvalue weighted by Crippen LogP contribution is 2.27. The maximum absolute atomic E-state index is 12.4. The minimum atomic E-state index is -0.357. The summed E-state index contributed by atoms with van der Waals surface area (Å²) in [5, 5.41) is 0. The van der Waals surface area contributed by atoms with Gasteiger partial charge in [-0.25, -0.2) is 4.79 Å². The van der Waals surface area contributed by atoms with Gasteiger partial charge in [0.1, 0.15) is 0 Å². The van der Waals surface area contributed by atoms with Crippen LogP contribution in [0.5, 0.6) is 0 Å². The number of benzene rings is 2. The second-order valence-electron chi connectivity index (χ2n) is 6.14. The SMILES string of the molecule is C=C(C(=O)OCCCC)C(=C(C)C=Cc1ccccc1)c1ccccc1. The van der Waals surface area contributed by atoms with Crippen molar-refractivity contribution in [1.29, 1.82) is 0 Å². The Bertz CT molecular complexity index is 783. The van der Waals surface area contributed by atoms with Gasteiger partial charge in [0.15, 0.2) is 0 Å². The number of ether oxygens (including phenoxy) is 1. The van der Waals surface area contributed by atoms with E-state index in [1.165, 1.54) is 0 Å². The monoisotopic (exact) mass is 346 g/mol. The van der Waals surface area contributed by atoms with Crippen LogP contribution in [0.2, 0.25) is 0 Å². The molecule has 134 valence electrons. The summed E-state index contributed by atoms with van der Waals surface area (Å²) in [5.41, 5.74) is 4.25. The van der Waals surface area contributed by atoms with Crippen molar-refractivity contribution in [2.24, 2.45) is 0 Å². The van der Waals surface area contributed by atoms with Gasteiger partial charge < -0.3 is 4.74 Å². The Hall–Kier alpha value is -2.87. The van der Waals surface area contributed by atoms with Crippen LogP contribution in [0.3, 0.4) is 0 Å². The zero-order valence-corrected chi connectivity index (χ0v) is 15.6. The van der Waals surface area contributed by atoms with E-state index in [4.69, 9.17) is 4.74 Å². The lowest BCUT2D eigenvalue weighted by molar-refractivity contribution is -0.138. The molecule has 0 atom stereocenters. The Morgan fingerprint density at radius 2 is 1.65 bits per heavy atom. The van der Waals surface area contributed by atoms with Crippen LogP contribution in [0.1, 0.15) is 37.8 Å². The van der Waals surface area contributed by atoms with Crippen molar-refractivity contribution < 1.29 is 9.53 Å². The first-order valence-electron chi connectivity index (χ1n) is 8.99. The van der Waals surface area contributed by atoms with Crippen LogP contribution >= 0.6 is 0 Å². The Balaban J connectivity index is 2.33. The highest BCUT2D eigenvalue weighted by Gasteiger charge is 2.17. The van der Waals surface area contributed by atoms with Crippen LogP contribution in [-0.4, -0.2) is 12.6 Å². The lowest BCUT2D eigenvalue weighted by atomic mass is 9.94. The highest BCUT2D eigenvalue weighted by molar-refractivity contribution is 6.06. The summed E-state index contributed by atoms with van der Waals surface area (Å²) in [4.78, 5) is 12.4. The topological polar surface area (TPSA) is 26.3 Å². The lowest BCUT2D eigenvalue weighted by Crippen LogP contribution is -2.10. The van der Waals surface area contributed by atoms with Crippen molar-refractivity contribution in [3.8, 4) is 0 Å². The number of carbonyl (C=O) groups is 1. The molecular weight excluding hydrogens is 320 g/mol. The van der Waals surface area contributed by atoms with Gasteiger partial charge >= 0.3 is 5.97 Å². The van der Waals surface area contributed by atoms with Gasteiger partial charge in [0.2, 0.25) is 0 Å². The summed E-state index contributed by atoms with van der Waals surface area (Å²) in [7, 11) is 0. The van der Waals surface area contributed by atoms with Crippen LogP contribution < -0.4 is 0 Å². The zero-order valence-electron chi connectivity index (χ0n) is 15.6. The molecule has 0 unspecified atom stereocenters. The second kappa shape index (κ2) is 10.2. The van der Waals surface area contributed by atoms with Gasteiger partial charge in [0.25, 0.3) is 0 Å². The average molecular weight is 346 g/mol. The van der Waals surface area contributed by atoms with E-state index in [1.54, 1.807) is 0 Å². The van der Waals surface area contributed by atoms with Gasteiger partial charge in [-0.15, -0.1) is 0 Å². The zero-order chi connectivity index (χ0) is 18.8. The molecule has 0 spiro atoms. The van der Waals surface area contributed by atoms with Gasteiger partial charge in [0.05, 0.1) is 12.2 Å². The first-order valence-corrected chi connectivity index (χ1v) is 8.99. The fourth-order valence-electron chi connectivity index (χ4n) is 2.61. The van der Waals surface area contributed by atoms with Crippen molar-refractivity contribution in [1.82, 2.24) is 0 Å². The molecule has 0 fully saturated rings. The largest absolute Gasteiger partial charge is 0.462 e. The Labute approximate surface area is 156 Å². The molecular formula is C24H26O2. The van der Waals surface area contributed by atoms with Crippen LogP contribution in [0, 0.1) is 0 Å². The molecule has 26 heavy (non-hydrogen) atoms. The van der Waals surface area contributed by atoms with E-state index in [0.29, 0.717) is 12.2 Å². The Morgan fingerprint density at radius 1 is 1.04 bits per heavy atom. The molecule has 2 aromatic carbocycles. The van der Waals surface area contributed by atoms with E-state index >= 15 is 0 Å². The quantitative estimate of drug-likeness (QED) is 0.251. The number of rotatable bonds is 8. The summed E-state index contributed by atoms with van der Waals surface area (Å²) in [6, 6.07) is 19.9. The first-order chi connectivity index (χ1) is 12.6. The molecule has 0 amide bonds. The van der Waals surface area contributed by atoms with Crippen LogP contribution in [0.15, 0.2) is 84.5 Å². The molecule has 0 aliphatic carbocycles. The number of hydrogen-bond acceptors (Lipinski definition) is 2. The molecule has 0 aromatic heterocycles. The maximum atomic E-state index is 12.4. The predicted octanol–water partition coefficient (Wildman–Crippen LogP) is 6.07. The number of allylic oxidation sites excluding steroid dienone is 2. The number of esters is 1. The van der Waals surface area contributed by atoms with E-state index in [-0.39, 0.29) is 5.97 Å². The molecule has 2 aromatic rings. The van der Waals surface area contributed by atoms with E-state index < -0.39 is 0 Å². The number of hydrogen-bond donors (Lipinski definition) is 0. The summed E-state index contributed by atoms with van der Waals surface area (Å²) in [6.45, 7) is 8.50. The van der Waals surface area contributed by atoms with Gasteiger partial charge in [0, 0.05) is 0 Å². The van der Waals surface area contributed by atoms with Crippen LogP contribution in [-0.2, 0) is 9.53 Å². The molecule has 0 N–H and O–H groups in total. The third kappa shape index (κ3) is 5.59. The summed E-state index contributed by atoms with van der Waals surface area (Å²) >= 11 is 0. The van der Waals surface area contributed by atoms with Crippen molar-refractivity contribution in [3.05, 3.63) is 95.6 Å². The molecule has 0 aliphatic rings. The lowest BCUT2D eigenvalue weighted by Gasteiger charge is -2.13. The molecule has 2 heteroatoms. The van der Waals surface area contributed by atoms with Crippen molar-refractivity contribution in [3.63, 3.8) is 0 Å². The van der Waals surface area contributed by atoms with Gasteiger partial charge in [-0.3, -0.25) is 0 Å². The van der Waals surface area contributed by atoms with Crippen LogP contribution in [0.25, 0.3) is 11.6 Å². The fourth-order valence-corrected chi connectivity index (χ4v) is 2.61. The maximum Gasteiger partial charge on any atom is 0.338 e. The molecule has 0 bridgehead atoms. The van der Waals surface area contributed by atoms with Gasteiger partial charge in [-0.2, -0.15) is 0 Å². The third-order valence-corrected chi connectivity index (χ3v) is 4.06. The molecule has 0 heterocycles. The fraction of sp³-hybridized carbons (Fsp3) is 0.208. The average Bonchev–Trinajstić information content (AvgIpc) is 2.68. The molecule has 0 saturated heterocycles. The molecule has 0 saturated carbocycles. The number of carbonyl (C=O) groups excluding carboxylic acids is 1. The first kappa shape index (κ1) is 19.5. The summed E-state index contributed by atoms with van der Waals surface area (Å²) < 4.78 is 5.36. The molecule has 0 radical (unpaired) electrons. The minimum absolute atomic E-state index is 0.357. The normalized spacial score (nSPS) is 11.9. The predicted molar refractivity (Wildman–Crippen MR) is 110 cm³/mol. The van der Waals surface area contributed by atoms with Crippen molar-refractivity contribution >= 4 is 17.6 Å². The van der Waals surface area contributed by atoms with E-state index in [0.717, 1.165) is 35.1 Å². The Morgan fingerprint density at radius 3 is 2.27 bits per heavy atom. The van der Waals surface area contributed by atoms with Gasteiger partial charge in [-0.05, 0) is 35.6 Å². The second-order valence-corrected chi connectivity index (χ2v) is 6.14.